The molecule has 0 aromatic heterocycles. The number of benzene rings is 1. The fourth-order valence-electron chi connectivity index (χ4n) is 2.66. The van der Waals surface area contributed by atoms with Crippen LogP contribution in [0.25, 0.3) is 0 Å². The summed E-state index contributed by atoms with van der Waals surface area (Å²) < 4.78 is 0. The number of amides is 3. The molecule has 3 amide bonds. The van der Waals surface area contributed by atoms with Crippen molar-refractivity contribution in [1.82, 2.24) is 15.5 Å². The van der Waals surface area contributed by atoms with E-state index in [1.54, 1.807) is 0 Å². The largest absolute Gasteiger partial charge is 0.341 e. The summed E-state index contributed by atoms with van der Waals surface area (Å²) in [6.07, 6.45) is 0.293. The molecule has 6 heteroatoms. The van der Waals surface area contributed by atoms with Crippen molar-refractivity contribution >= 4 is 11.9 Å². The molecule has 0 bridgehead atoms. The molecule has 1 saturated heterocycles. The highest BCUT2D eigenvalue weighted by molar-refractivity contribution is 5.94. The Morgan fingerprint density at radius 3 is 2.67 bits per heavy atom. The van der Waals surface area contributed by atoms with Gasteiger partial charge in [0.1, 0.15) is 0 Å². The van der Waals surface area contributed by atoms with E-state index in [0.717, 1.165) is 13.1 Å². The summed E-state index contributed by atoms with van der Waals surface area (Å²) in [6.45, 7) is 2.23. The van der Waals surface area contributed by atoms with Crippen molar-refractivity contribution in [3.63, 3.8) is 0 Å². The number of imide groups is 1. The standard InChI is InChI=1S/C15H22N4O2/c1-17-15(21)18-14(20)7-8-19-9-12(13(16)10-19)11-5-3-2-4-6-11/h2-6,12-13H,7-10,16H2,1H3,(H2,17,18,20,21)/t12-,13+/m0/s1. The second kappa shape index (κ2) is 7.19. The van der Waals surface area contributed by atoms with Gasteiger partial charge in [0, 0.05) is 45.1 Å². The SMILES string of the molecule is CNC(=O)NC(=O)CCN1C[C@@H](N)[C@H](c2ccccc2)C1. The van der Waals surface area contributed by atoms with Crippen molar-refractivity contribution < 1.29 is 9.59 Å². The summed E-state index contributed by atoms with van der Waals surface area (Å²) in [4.78, 5) is 24.8. The van der Waals surface area contributed by atoms with Crippen LogP contribution in [0.4, 0.5) is 4.79 Å². The quantitative estimate of drug-likeness (QED) is 0.742. The topological polar surface area (TPSA) is 87.5 Å². The summed E-state index contributed by atoms with van der Waals surface area (Å²) in [7, 11) is 1.48. The van der Waals surface area contributed by atoms with Crippen LogP contribution in [0.1, 0.15) is 17.9 Å². The van der Waals surface area contributed by atoms with Gasteiger partial charge >= 0.3 is 6.03 Å². The molecule has 1 heterocycles. The molecule has 1 aliphatic rings. The Morgan fingerprint density at radius 2 is 2.00 bits per heavy atom. The van der Waals surface area contributed by atoms with E-state index in [1.807, 2.05) is 18.2 Å². The maximum absolute atomic E-state index is 11.6. The van der Waals surface area contributed by atoms with Gasteiger partial charge in [-0.25, -0.2) is 4.79 Å². The van der Waals surface area contributed by atoms with Crippen LogP contribution in [0.3, 0.4) is 0 Å². The Bertz CT molecular complexity index is 492. The number of likely N-dealkylation sites (tertiary alicyclic amines) is 1. The highest BCUT2D eigenvalue weighted by atomic mass is 16.2. The van der Waals surface area contributed by atoms with Crippen molar-refractivity contribution in [2.45, 2.75) is 18.4 Å². The molecule has 6 nitrogen and oxygen atoms in total. The summed E-state index contributed by atoms with van der Waals surface area (Å²) >= 11 is 0. The van der Waals surface area contributed by atoms with Crippen LogP contribution in [-0.4, -0.2) is 49.6 Å². The molecule has 2 rings (SSSR count). The zero-order valence-electron chi connectivity index (χ0n) is 12.2. The van der Waals surface area contributed by atoms with E-state index in [0.29, 0.717) is 18.9 Å². The van der Waals surface area contributed by atoms with Gasteiger partial charge < -0.3 is 16.0 Å². The average Bonchev–Trinajstić information content (AvgIpc) is 2.87. The first-order valence-electron chi connectivity index (χ1n) is 7.14. The van der Waals surface area contributed by atoms with Crippen molar-refractivity contribution in [2.75, 3.05) is 26.7 Å². The first-order valence-corrected chi connectivity index (χ1v) is 7.14. The van der Waals surface area contributed by atoms with Gasteiger partial charge in [-0.05, 0) is 5.56 Å². The van der Waals surface area contributed by atoms with E-state index in [2.05, 4.69) is 27.7 Å². The fourth-order valence-corrected chi connectivity index (χ4v) is 2.66. The van der Waals surface area contributed by atoms with Crippen molar-refractivity contribution in [2.24, 2.45) is 5.73 Å². The second-order valence-electron chi connectivity index (χ2n) is 5.32. The lowest BCUT2D eigenvalue weighted by Gasteiger charge is -2.15. The summed E-state index contributed by atoms with van der Waals surface area (Å²) in [6, 6.07) is 9.81. The summed E-state index contributed by atoms with van der Waals surface area (Å²) in [5.74, 6) is 0.0271. The van der Waals surface area contributed by atoms with Crippen molar-refractivity contribution in [3.05, 3.63) is 35.9 Å². The van der Waals surface area contributed by atoms with Gasteiger partial charge in [-0.2, -0.15) is 0 Å². The zero-order valence-corrected chi connectivity index (χ0v) is 12.2. The Balaban J connectivity index is 1.82. The van der Waals surface area contributed by atoms with Crippen molar-refractivity contribution in [1.29, 1.82) is 0 Å². The van der Waals surface area contributed by atoms with Gasteiger partial charge in [-0.3, -0.25) is 10.1 Å². The van der Waals surface area contributed by atoms with Crippen LogP contribution in [0.2, 0.25) is 0 Å². The number of nitrogens with zero attached hydrogens (tertiary/aromatic N) is 1. The van der Waals surface area contributed by atoms with Crippen LogP contribution < -0.4 is 16.4 Å². The lowest BCUT2D eigenvalue weighted by atomic mass is 9.95. The number of rotatable bonds is 4. The third-order valence-electron chi connectivity index (χ3n) is 3.80. The van der Waals surface area contributed by atoms with E-state index in [1.165, 1.54) is 12.6 Å². The molecule has 0 unspecified atom stereocenters. The molecule has 0 aliphatic carbocycles. The van der Waals surface area contributed by atoms with Gasteiger partial charge in [0.05, 0.1) is 0 Å². The Morgan fingerprint density at radius 1 is 1.29 bits per heavy atom. The maximum Gasteiger partial charge on any atom is 0.321 e. The van der Waals surface area contributed by atoms with Crippen LogP contribution in [0, 0.1) is 0 Å². The highest BCUT2D eigenvalue weighted by Gasteiger charge is 2.31. The molecule has 2 atom stereocenters. The van der Waals surface area contributed by atoms with E-state index < -0.39 is 6.03 Å². The van der Waals surface area contributed by atoms with Gasteiger partial charge in [0.15, 0.2) is 0 Å². The minimum absolute atomic E-state index is 0.0781. The van der Waals surface area contributed by atoms with E-state index in [-0.39, 0.29) is 11.9 Å². The van der Waals surface area contributed by atoms with Gasteiger partial charge in [-0.15, -0.1) is 0 Å². The molecule has 1 aliphatic heterocycles. The van der Waals surface area contributed by atoms with Crippen LogP contribution in [0.5, 0.6) is 0 Å². The average molecular weight is 290 g/mol. The molecule has 1 aromatic carbocycles. The molecule has 21 heavy (non-hydrogen) atoms. The minimum atomic E-state index is -0.472. The number of nitrogens with one attached hydrogen (secondary N) is 2. The number of carbonyl (C=O) groups is 2. The molecule has 1 aromatic rings. The Labute approximate surface area is 124 Å². The lowest BCUT2D eigenvalue weighted by molar-refractivity contribution is -0.120. The molecule has 4 N–H and O–H groups in total. The van der Waals surface area contributed by atoms with Gasteiger partial charge in [0.2, 0.25) is 5.91 Å². The molecular weight excluding hydrogens is 268 g/mol. The summed E-state index contributed by atoms with van der Waals surface area (Å²) in [5, 5.41) is 4.62. The fraction of sp³-hybridized carbons (Fsp3) is 0.467. The Kier molecular flexibility index (Phi) is 5.30. The zero-order chi connectivity index (χ0) is 15.2. The molecule has 114 valence electrons. The maximum atomic E-state index is 11.6. The highest BCUT2D eigenvalue weighted by Crippen LogP contribution is 2.26. The predicted octanol–water partition coefficient (Wildman–Crippen LogP) is 0.259. The first kappa shape index (κ1) is 15.5. The molecule has 0 spiro atoms. The number of hydrogen-bond acceptors (Lipinski definition) is 4. The molecular formula is C15H22N4O2. The lowest BCUT2D eigenvalue weighted by Crippen LogP contribution is -2.39. The van der Waals surface area contributed by atoms with Crippen LogP contribution in [-0.2, 0) is 4.79 Å². The number of urea groups is 1. The van der Waals surface area contributed by atoms with E-state index in [9.17, 15) is 9.59 Å². The van der Waals surface area contributed by atoms with E-state index in [4.69, 9.17) is 5.73 Å². The molecule has 0 saturated carbocycles. The smallest absolute Gasteiger partial charge is 0.321 e. The monoisotopic (exact) mass is 290 g/mol. The van der Waals surface area contributed by atoms with Gasteiger partial charge in [-0.1, -0.05) is 30.3 Å². The number of carbonyl (C=O) groups excluding carboxylic acids is 2. The first-order chi connectivity index (χ1) is 10.1. The third-order valence-corrected chi connectivity index (χ3v) is 3.80. The van der Waals surface area contributed by atoms with Crippen LogP contribution >= 0.6 is 0 Å². The predicted molar refractivity (Wildman–Crippen MR) is 80.8 cm³/mol. The number of nitrogens with two attached hydrogens (primary N) is 1. The summed E-state index contributed by atoms with van der Waals surface area (Å²) in [5.41, 5.74) is 7.44. The minimum Gasteiger partial charge on any atom is -0.341 e. The van der Waals surface area contributed by atoms with Crippen LogP contribution in [0.15, 0.2) is 30.3 Å². The normalized spacial score (nSPS) is 22.0. The van der Waals surface area contributed by atoms with E-state index >= 15 is 0 Å². The number of hydrogen-bond donors (Lipinski definition) is 3. The third kappa shape index (κ3) is 4.27. The second-order valence-corrected chi connectivity index (χ2v) is 5.32. The molecule has 1 fully saturated rings. The Hall–Kier alpha value is -1.92. The van der Waals surface area contributed by atoms with Gasteiger partial charge in [0.25, 0.3) is 0 Å². The van der Waals surface area contributed by atoms with Crippen molar-refractivity contribution in [3.8, 4) is 0 Å². The molecule has 0 radical (unpaired) electrons.